The summed E-state index contributed by atoms with van der Waals surface area (Å²) in [6.45, 7) is 4.83. The molecule has 222 valence electrons. The number of ether oxygens (including phenoxy) is 1. The van der Waals surface area contributed by atoms with Crippen LogP contribution in [-0.4, -0.2) is 76.8 Å². The maximum Gasteiger partial charge on any atom is 0.335 e. The van der Waals surface area contributed by atoms with Crippen molar-refractivity contribution in [1.82, 2.24) is 9.80 Å². The van der Waals surface area contributed by atoms with Crippen LogP contribution < -0.4 is 15.4 Å². The number of para-hydroxylation sites is 1. The Bertz CT molecular complexity index is 1420. The van der Waals surface area contributed by atoms with E-state index in [0.717, 1.165) is 5.56 Å². The molecule has 0 aliphatic carbocycles. The van der Waals surface area contributed by atoms with Gasteiger partial charge in [0.05, 0.1) is 29.5 Å². The number of nitrogens with zero attached hydrogens (tertiary/aromatic N) is 2. The molecule has 0 saturated carbocycles. The maximum absolute atomic E-state index is 13.7. The van der Waals surface area contributed by atoms with Crippen LogP contribution in [0.1, 0.15) is 40.1 Å². The topological polar surface area (TPSA) is 131 Å². The number of carbonyl (C=O) groups is 3. The number of aromatic carboxylic acids is 1. The van der Waals surface area contributed by atoms with Gasteiger partial charge in [0.1, 0.15) is 11.9 Å². The van der Waals surface area contributed by atoms with Crippen molar-refractivity contribution >= 4 is 29.3 Å². The van der Waals surface area contributed by atoms with E-state index in [9.17, 15) is 29.0 Å². The summed E-state index contributed by atoms with van der Waals surface area (Å²) in [7, 11) is 1.92. The van der Waals surface area contributed by atoms with Crippen LogP contribution in [0.15, 0.2) is 66.7 Å². The second-order valence-electron chi connectivity index (χ2n) is 10.6. The number of benzene rings is 3. The number of carbonyl (C=O) groups excluding carboxylic acids is 2. The number of aliphatic hydroxyl groups is 1. The van der Waals surface area contributed by atoms with Crippen LogP contribution in [0.2, 0.25) is 0 Å². The van der Waals surface area contributed by atoms with Gasteiger partial charge in [-0.1, -0.05) is 25.1 Å². The molecule has 3 atom stereocenters. The predicted molar refractivity (Wildman–Crippen MR) is 156 cm³/mol. The van der Waals surface area contributed by atoms with E-state index >= 15 is 0 Å². The van der Waals surface area contributed by atoms with Gasteiger partial charge in [-0.25, -0.2) is 14.0 Å². The Hall–Kier alpha value is -4.48. The molecule has 0 bridgehead atoms. The summed E-state index contributed by atoms with van der Waals surface area (Å²) in [4.78, 5) is 41.4. The predicted octanol–water partition coefficient (Wildman–Crippen LogP) is 4.52. The van der Waals surface area contributed by atoms with E-state index in [1.54, 1.807) is 54.3 Å². The van der Waals surface area contributed by atoms with E-state index in [1.165, 1.54) is 24.3 Å². The summed E-state index contributed by atoms with van der Waals surface area (Å²) >= 11 is 0. The third kappa shape index (κ3) is 7.42. The minimum absolute atomic E-state index is 0.158. The number of hydrogen-bond acceptors (Lipinski definition) is 6. The number of amides is 3. The van der Waals surface area contributed by atoms with Crippen molar-refractivity contribution < 1.29 is 33.7 Å². The van der Waals surface area contributed by atoms with Gasteiger partial charge in [0, 0.05) is 31.2 Å². The monoisotopic (exact) mass is 578 g/mol. The fourth-order valence-corrected chi connectivity index (χ4v) is 4.81. The van der Waals surface area contributed by atoms with Gasteiger partial charge < -0.3 is 30.5 Å². The molecule has 0 radical (unpaired) electrons. The zero-order chi connectivity index (χ0) is 30.4. The quantitative estimate of drug-likeness (QED) is 0.294. The number of nitrogens with one attached hydrogen (secondary N) is 2. The molecule has 3 amide bonds. The number of hydrogen-bond donors (Lipinski definition) is 4. The second-order valence-corrected chi connectivity index (χ2v) is 10.6. The van der Waals surface area contributed by atoms with Crippen molar-refractivity contribution in [3.63, 3.8) is 0 Å². The molecular weight excluding hydrogens is 543 g/mol. The highest BCUT2D eigenvalue weighted by Crippen LogP contribution is 2.35. The number of carboxylic acids is 1. The molecule has 0 unspecified atom stereocenters. The van der Waals surface area contributed by atoms with Crippen molar-refractivity contribution in [2.45, 2.75) is 32.5 Å². The van der Waals surface area contributed by atoms with Crippen LogP contribution >= 0.6 is 0 Å². The lowest BCUT2D eigenvalue weighted by atomic mass is 9.98. The molecular formula is C31H35FN4O6. The third-order valence-corrected chi connectivity index (χ3v) is 7.19. The van der Waals surface area contributed by atoms with Gasteiger partial charge in [-0.15, -0.1) is 0 Å². The van der Waals surface area contributed by atoms with E-state index < -0.39 is 30.0 Å². The molecule has 1 heterocycles. The largest absolute Gasteiger partial charge is 0.486 e. The molecule has 0 saturated heterocycles. The first-order chi connectivity index (χ1) is 20.0. The molecule has 42 heavy (non-hydrogen) atoms. The van der Waals surface area contributed by atoms with Gasteiger partial charge in [0.25, 0.3) is 5.91 Å². The Labute approximate surface area is 243 Å². The summed E-state index contributed by atoms with van der Waals surface area (Å²) in [6.07, 6.45) is -0.420. The highest BCUT2D eigenvalue weighted by molar-refractivity contribution is 6.04. The lowest BCUT2D eigenvalue weighted by molar-refractivity contribution is 0.0343. The van der Waals surface area contributed by atoms with Crippen LogP contribution in [-0.2, 0) is 6.54 Å². The lowest BCUT2D eigenvalue weighted by Crippen LogP contribution is -2.49. The summed E-state index contributed by atoms with van der Waals surface area (Å²) < 4.78 is 19.8. The highest BCUT2D eigenvalue weighted by Gasteiger charge is 2.34. The first-order valence-electron chi connectivity index (χ1n) is 13.6. The van der Waals surface area contributed by atoms with Gasteiger partial charge in [0.15, 0.2) is 5.75 Å². The fraction of sp³-hybridized carbons (Fsp3) is 0.323. The minimum Gasteiger partial charge on any atom is -0.486 e. The molecule has 11 heteroatoms. The lowest BCUT2D eigenvalue weighted by Gasteiger charge is -2.38. The molecule has 4 N–H and O–H groups in total. The first kappa shape index (κ1) is 30.5. The maximum atomic E-state index is 13.7. The molecule has 1 aliphatic heterocycles. The van der Waals surface area contributed by atoms with Crippen LogP contribution in [0.4, 0.5) is 20.6 Å². The summed E-state index contributed by atoms with van der Waals surface area (Å²) in [6, 6.07) is 15.8. The molecule has 4 rings (SSSR count). The summed E-state index contributed by atoms with van der Waals surface area (Å²) in [5.74, 6) is -1.69. The number of fused-ring (bicyclic) bond motifs is 1. The van der Waals surface area contributed by atoms with Gasteiger partial charge in [-0.3, -0.25) is 9.69 Å². The van der Waals surface area contributed by atoms with E-state index in [1.807, 2.05) is 18.9 Å². The van der Waals surface area contributed by atoms with Gasteiger partial charge >= 0.3 is 12.0 Å². The van der Waals surface area contributed by atoms with E-state index in [4.69, 9.17) is 4.74 Å². The molecule has 10 nitrogen and oxygen atoms in total. The molecule has 1 aliphatic rings. The zero-order valence-electron chi connectivity index (χ0n) is 23.7. The average Bonchev–Trinajstić information content (AvgIpc) is 2.96. The van der Waals surface area contributed by atoms with Crippen molar-refractivity contribution in [3.05, 3.63) is 89.2 Å². The minimum atomic E-state index is -0.989. The molecule has 3 aromatic rings. The standard InChI is InChI=1S/C31H35FN4O6/c1-19-15-36(20(2)18-37)29(38)25-5-4-6-26(34-31(41)33-24-13-11-23(32)12-14-24)28(25)42-27(19)17-35(3)16-21-7-9-22(10-8-21)30(39)40/h4-14,19-20,27,37H,15-18H2,1-3H3,(H,39,40)(H2,33,34,41)/t19-,20-,27+/m0/s1. The van der Waals surface area contributed by atoms with Crippen molar-refractivity contribution in [1.29, 1.82) is 0 Å². The number of aliphatic hydroxyl groups excluding tert-OH is 1. The van der Waals surface area contributed by atoms with Gasteiger partial charge in [-0.2, -0.15) is 0 Å². The third-order valence-electron chi connectivity index (χ3n) is 7.19. The fourth-order valence-electron chi connectivity index (χ4n) is 4.81. The highest BCUT2D eigenvalue weighted by atomic mass is 19.1. The van der Waals surface area contributed by atoms with E-state index in [0.29, 0.717) is 25.3 Å². The Balaban J connectivity index is 1.60. The van der Waals surface area contributed by atoms with Crippen molar-refractivity contribution in [2.75, 3.05) is 37.4 Å². The normalized spacial score (nSPS) is 17.5. The number of carboxylic acid groups (broad SMARTS) is 1. The van der Waals surface area contributed by atoms with Crippen LogP contribution in [0.5, 0.6) is 5.75 Å². The van der Waals surface area contributed by atoms with Crippen molar-refractivity contribution in [3.8, 4) is 5.75 Å². The molecule has 3 aromatic carbocycles. The SMILES string of the molecule is C[C@H]1CN([C@@H](C)CO)C(=O)c2cccc(NC(=O)Nc3ccc(F)cc3)c2O[C@@H]1CN(C)Cc1ccc(C(=O)O)cc1. The Morgan fingerprint density at radius 1 is 1.10 bits per heavy atom. The molecule has 0 spiro atoms. The van der Waals surface area contributed by atoms with Gasteiger partial charge in [-0.05, 0) is 68.1 Å². The number of rotatable bonds is 9. The smallest absolute Gasteiger partial charge is 0.335 e. The molecule has 0 fully saturated rings. The second kappa shape index (κ2) is 13.5. The number of urea groups is 1. The van der Waals surface area contributed by atoms with Crippen LogP contribution in [0.25, 0.3) is 0 Å². The Kier molecular flexibility index (Phi) is 9.76. The summed E-state index contributed by atoms with van der Waals surface area (Å²) in [5.41, 5.74) is 2.05. The molecule has 0 aromatic heterocycles. The average molecular weight is 579 g/mol. The summed E-state index contributed by atoms with van der Waals surface area (Å²) in [5, 5.41) is 24.5. The van der Waals surface area contributed by atoms with Crippen LogP contribution in [0, 0.1) is 11.7 Å². The van der Waals surface area contributed by atoms with Crippen molar-refractivity contribution in [2.24, 2.45) is 5.92 Å². The Morgan fingerprint density at radius 3 is 2.43 bits per heavy atom. The Morgan fingerprint density at radius 2 is 1.79 bits per heavy atom. The van der Waals surface area contributed by atoms with E-state index in [-0.39, 0.29) is 41.0 Å². The number of anilines is 2. The van der Waals surface area contributed by atoms with E-state index in [2.05, 4.69) is 10.6 Å². The van der Waals surface area contributed by atoms with Gasteiger partial charge in [0.2, 0.25) is 0 Å². The zero-order valence-corrected chi connectivity index (χ0v) is 23.7. The number of halogens is 1. The first-order valence-corrected chi connectivity index (χ1v) is 13.6. The number of likely N-dealkylation sites (N-methyl/N-ethyl adjacent to an activating group) is 1. The van der Waals surface area contributed by atoms with Crippen LogP contribution in [0.3, 0.4) is 0 Å².